The molecule has 0 saturated heterocycles. The molecule has 0 aliphatic heterocycles. The third-order valence-electron chi connectivity index (χ3n) is 0.267. The summed E-state index contributed by atoms with van der Waals surface area (Å²) in [4.78, 5) is -0.345. The molecule has 0 aromatic carbocycles. The standard InChI is InChI=1S/C3H4Cl3/c4-2-1-3(5)6/h2-3H,1H2. The number of hydrogen-bond donors (Lipinski definition) is 0. The van der Waals surface area contributed by atoms with Gasteiger partial charge in [-0.05, 0) is 6.42 Å². The van der Waals surface area contributed by atoms with Crippen molar-refractivity contribution in [1.82, 2.24) is 0 Å². The topological polar surface area (TPSA) is 0 Å². The molecular formula is C3H4Cl3. The molecule has 0 nitrogen and oxygen atoms in total. The van der Waals surface area contributed by atoms with Crippen LogP contribution >= 0.6 is 34.8 Å². The fraction of sp³-hybridized carbons (Fsp3) is 0.667. The molecule has 0 unspecified atom stereocenters. The van der Waals surface area contributed by atoms with Crippen molar-refractivity contribution in [3.05, 3.63) is 5.88 Å². The van der Waals surface area contributed by atoms with Crippen molar-refractivity contribution in [3.63, 3.8) is 0 Å². The van der Waals surface area contributed by atoms with Crippen molar-refractivity contribution in [3.8, 4) is 0 Å². The predicted molar refractivity (Wildman–Crippen MR) is 30.3 cm³/mol. The maximum Gasteiger partial charge on any atom is 0.109 e. The van der Waals surface area contributed by atoms with Crippen LogP contribution in [-0.2, 0) is 0 Å². The third kappa shape index (κ3) is 4.87. The Hall–Kier alpha value is 0.870. The fourth-order valence-corrected chi connectivity index (χ4v) is 0.606. The van der Waals surface area contributed by atoms with Crippen LogP contribution in [0.1, 0.15) is 6.42 Å². The number of hydrogen-bond acceptors (Lipinski definition) is 0. The van der Waals surface area contributed by atoms with E-state index in [1.165, 1.54) is 5.88 Å². The molecule has 0 aliphatic carbocycles. The first kappa shape index (κ1) is 6.87. The SMILES string of the molecule is Cl[CH]CC(Cl)Cl. The van der Waals surface area contributed by atoms with Crippen molar-refractivity contribution in [1.29, 1.82) is 0 Å². The summed E-state index contributed by atoms with van der Waals surface area (Å²) in [5.74, 6) is 1.41. The Labute approximate surface area is 52.4 Å². The minimum atomic E-state index is -0.345. The van der Waals surface area contributed by atoms with E-state index in [9.17, 15) is 0 Å². The van der Waals surface area contributed by atoms with E-state index < -0.39 is 0 Å². The van der Waals surface area contributed by atoms with Crippen molar-refractivity contribution >= 4 is 34.8 Å². The summed E-state index contributed by atoms with van der Waals surface area (Å²) in [6.45, 7) is 0. The minimum absolute atomic E-state index is 0.345. The maximum absolute atomic E-state index is 5.23. The van der Waals surface area contributed by atoms with Crippen LogP contribution in [0.5, 0.6) is 0 Å². The van der Waals surface area contributed by atoms with Crippen LogP contribution in [0.2, 0.25) is 0 Å². The van der Waals surface area contributed by atoms with Crippen molar-refractivity contribution in [2.75, 3.05) is 0 Å². The Bertz CT molecular complexity index is 27.2. The molecule has 37 valence electrons. The lowest BCUT2D eigenvalue weighted by Gasteiger charge is -1.88. The van der Waals surface area contributed by atoms with E-state index in [0.29, 0.717) is 6.42 Å². The lowest BCUT2D eigenvalue weighted by molar-refractivity contribution is 1.13. The average Bonchev–Trinajstić information content (AvgIpc) is 1.35. The Balaban J connectivity index is 2.63. The van der Waals surface area contributed by atoms with Crippen LogP contribution in [0, 0.1) is 5.88 Å². The Morgan fingerprint density at radius 3 is 2.00 bits per heavy atom. The van der Waals surface area contributed by atoms with E-state index >= 15 is 0 Å². The molecule has 6 heavy (non-hydrogen) atoms. The Morgan fingerprint density at radius 1 is 1.50 bits per heavy atom. The molecule has 0 aliphatic rings. The van der Waals surface area contributed by atoms with E-state index in [4.69, 9.17) is 34.8 Å². The van der Waals surface area contributed by atoms with E-state index in [1.807, 2.05) is 0 Å². The summed E-state index contributed by atoms with van der Waals surface area (Å²) < 4.78 is 0. The van der Waals surface area contributed by atoms with Gasteiger partial charge in [0.1, 0.15) is 4.84 Å². The van der Waals surface area contributed by atoms with Crippen LogP contribution in [0.4, 0.5) is 0 Å². The second-order valence-corrected chi connectivity index (χ2v) is 2.37. The predicted octanol–water partition coefficient (Wildman–Crippen LogP) is 2.58. The van der Waals surface area contributed by atoms with Crippen molar-refractivity contribution in [2.24, 2.45) is 0 Å². The molecule has 0 bridgehead atoms. The molecule has 0 amide bonds. The van der Waals surface area contributed by atoms with Gasteiger partial charge in [0.25, 0.3) is 0 Å². The molecule has 0 spiro atoms. The van der Waals surface area contributed by atoms with E-state index in [0.717, 1.165) is 0 Å². The van der Waals surface area contributed by atoms with Gasteiger partial charge in [-0.1, -0.05) is 0 Å². The summed E-state index contributed by atoms with van der Waals surface area (Å²) in [6, 6.07) is 0. The highest BCUT2D eigenvalue weighted by Gasteiger charge is 1.93. The van der Waals surface area contributed by atoms with Gasteiger partial charge in [-0.25, -0.2) is 0 Å². The van der Waals surface area contributed by atoms with Crippen LogP contribution in [0.15, 0.2) is 0 Å². The molecule has 0 atom stereocenters. The first-order chi connectivity index (χ1) is 2.77. The number of rotatable bonds is 2. The molecule has 0 heterocycles. The zero-order valence-corrected chi connectivity index (χ0v) is 5.26. The van der Waals surface area contributed by atoms with Gasteiger partial charge >= 0.3 is 0 Å². The van der Waals surface area contributed by atoms with E-state index in [2.05, 4.69) is 0 Å². The van der Waals surface area contributed by atoms with Gasteiger partial charge in [-0.2, -0.15) is 0 Å². The van der Waals surface area contributed by atoms with Crippen LogP contribution in [0.3, 0.4) is 0 Å². The van der Waals surface area contributed by atoms with Crippen molar-refractivity contribution in [2.45, 2.75) is 11.3 Å². The molecule has 0 fully saturated rings. The minimum Gasteiger partial charge on any atom is -0.121 e. The molecule has 0 rings (SSSR count). The molecule has 0 aromatic heterocycles. The number of halogens is 3. The monoisotopic (exact) mass is 145 g/mol. The fourth-order valence-electron chi connectivity index (χ4n) is 0.0673. The first-order valence-corrected chi connectivity index (χ1v) is 2.78. The highest BCUT2D eigenvalue weighted by atomic mass is 35.5. The summed E-state index contributed by atoms with van der Waals surface area (Å²) in [5.41, 5.74) is 0. The maximum atomic E-state index is 5.23. The van der Waals surface area contributed by atoms with Gasteiger partial charge in [0, 0.05) is 0 Å². The average molecular weight is 146 g/mol. The van der Waals surface area contributed by atoms with Crippen molar-refractivity contribution < 1.29 is 0 Å². The number of alkyl halides is 2. The Morgan fingerprint density at radius 2 is 2.00 bits per heavy atom. The van der Waals surface area contributed by atoms with Crippen LogP contribution < -0.4 is 0 Å². The molecular weight excluding hydrogens is 142 g/mol. The van der Waals surface area contributed by atoms with E-state index in [1.54, 1.807) is 0 Å². The van der Waals surface area contributed by atoms with Gasteiger partial charge in [-0.3, -0.25) is 0 Å². The van der Waals surface area contributed by atoms with Gasteiger partial charge < -0.3 is 0 Å². The molecule has 0 aromatic rings. The summed E-state index contributed by atoms with van der Waals surface area (Å²) in [5, 5.41) is 0. The second-order valence-electron chi connectivity index (χ2n) is 0.781. The first-order valence-electron chi connectivity index (χ1n) is 1.47. The summed E-state index contributed by atoms with van der Waals surface area (Å²) >= 11 is 15.6. The summed E-state index contributed by atoms with van der Waals surface area (Å²) in [7, 11) is 0. The van der Waals surface area contributed by atoms with Gasteiger partial charge in [-0.15, -0.1) is 34.8 Å². The molecule has 0 saturated carbocycles. The third-order valence-corrected chi connectivity index (χ3v) is 0.802. The summed E-state index contributed by atoms with van der Waals surface area (Å²) in [6.07, 6.45) is 0.546. The van der Waals surface area contributed by atoms with Gasteiger partial charge in [0.15, 0.2) is 0 Å². The van der Waals surface area contributed by atoms with Gasteiger partial charge in [0.2, 0.25) is 0 Å². The Kier molecular flexibility index (Phi) is 4.63. The molecule has 0 N–H and O–H groups in total. The molecule has 1 radical (unpaired) electrons. The van der Waals surface area contributed by atoms with Crippen LogP contribution in [0.25, 0.3) is 0 Å². The lowest BCUT2D eigenvalue weighted by atomic mass is 10.6. The smallest absolute Gasteiger partial charge is 0.109 e. The zero-order valence-electron chi connectivity index (χ0n) is 3.00. The van der Waals surface area contributed by atoms with Gasteiger partial charge in [0.05, 0.1) is 5.88 Å². The lowest BCUT2D eigenvalue weighted by Crippen LogP contribution is -1.80. The quantitative estimate of drug-likeness (QED) is 0.525. The van der Waals surface area contributed by atoms with E-state index in [-0.39, 0.29) is 4.84 Å². The van der Waals surface area contributed by atoms with Crippen LogP contribution in [-0.4, -0.2) is 4.84 Å². The normalized spacial score (nSPS) is 10.0. The highest BCUT2D eigenvalue weighted by molar-refractivity contribution is 6.44. The second kappa shape index (κ2) is 4.04. The largest absolute Gasteiger partial charge is 0.121 e. The molecule has 3 heteroatoms. The highest BCUT2D eigenvalue weighted by Crippen LogP contribution is 2.09. The zero-order chi connectivity index (χ0) is 4.99.